The van der Waals surface area contributed by atoms with E-state index >= 15 is 0 Å². The predicted molar refractivity (Wildman–Crippen MR) is 151 cm³/mol. The van der Waals surface area contributed by atoms with Crippen LogP contribution in [0.5, 0.6) is 11.5 Å². The van der Waals surface area contributed by atoms with Crippen LogP contribution in [0.4, 0.5) is 5.69 Å². The van der Waals surface area contributed by atoms with Crippen LogP contribution in [0.2, 0.25) is 5.02 Å². The first kappa shape index (κ1) is 28.7. The van der Waals surface area contributed by atoms with Gasteiger partial charge in [-0.1, -0.05) is 29.8 Å². The first-order valence-corrected chi connectivity index (χ1v) is 14.5. The lowest BCUT2D eigenvalue weighted by Crippen LogP contribution is -2.41. The molecule has 0 aliphatic heterocycles. The smallest absolute Gasteiger partial charge is 0.264 e. The second kappa shape index (κ2) is 13.1. The number of nitrogens with one attached hydrogen (secondary N) is 1. The molecule has 0 saturated heterocycles. The number of carbonyl (C=O) groups is 1. The number of hydrogen-bond donors (Lipinski definition) is 1. The van der Waals surface area contributed by atoms with Crippen molar-refractivity contribution in [2.45, 2.75) is 24.5 Å². The van der Waals surface area contributed by atoms with Gasteiger partial charge in [0.05, 0.1) is 24.8 Å². The summed E-state index contributed by atoms with van der Waals surface area (Å²) in [6, 6.07) is 17.5. The number of anilines is 1. The summed E-state index contributed by atoms with van der Waals surface area (Å²) in [6.45, 7) is 3.81. The number of aryl methyl sites for hydroxylation is 2. The molecule has 1 N–H and O–H groups in total. The lowest BCUT2D eigenvalue weighted by Gasteiger charge is -2.25. The highest BCUT2D eigenvalue weighted by Crippen LogP contribution is 2.32. The van der Waals surface area contributed by atoms with Crippen LogP contribution in [-0.4, -0.2) is 47.4 Å². The van der Waals surface area contributed by atoms with Gasteiger partial charge in [0.1, 0.15) is 6.54 Å². The molecule has 0 aromatic heterocycles. The first-order valence-electron chi connectivity index (χ1n) is 11.6. The van der Waals surface area contributed by atoms with E-state index in [1.807, 2.05) is 44.2 Å². The van der Waals surface area contributed by atoms with E-state index in [0.717, 1.165) is 26.7 Å². The topological polar surface area (TPSA) is 84.9 Å². The molecule has 0 atom stereocenters. The minimum Gasteiger partial charge on any atom is -0.493 e. The molecule has 3 aromatic rings. The Kier molecular flexibility index (Phi) is 10.1. The number of benzene rings is 3. The molecule has 10 heteroatoms. The Bertz CT molecular complexity index is 1330. The molecule has 198 valence electrons. The summed E-state index contributed by atoms with van der Waals surface area (Å²) in [5.74, 6) is 1.73. The minimum absolute atomic E-state index is 0.00538. The van der Waals surface area contributed by atoms with Gasteiger partial charge in [-0.25, -0.2) is 8.42 Å². The van der Waals surface area contributed by atoms with Crippen molar-refractivity contribution in [1.82, 2.24) is 5.32 Å². The molecule has 0 spiro atoms. The van der Waals surface area contributed by atoms with Gasteiger partial charge < -0.3 is 14.8 Å². The van der Waals surface area contributed by atoms with E-state index in [1.165, 1.54) is 32.4 Å². The SMILES string of the molecule is COc1ccc(S(=O)(=O)N(CC(=O)NCCSCc2cccc(Cl)c2)c2cc(C)cc(C)c2)cc1OC. The normalized spacial score (nSPS) is 11.2. The Morgan fingerprint density at radius 2 is 1.68 bits per heavy atom. The van der Waals surface area contributed by atoms with Crippen molar-refractivity contribution in [2.24, 2.45) is 0 Å². The van der Waals surface area contributed by atoms with Gasteiger partial charge in [-0.3, -0.25) is 9.10 Å². The fraction of sp³-hybridized carbons (Fsp3) is 0.296. The number of carbonyl (C=O) groups excluding carboxylic acids is 1. The zero-order valence-electron chi connectivity index (χ0n) is 21.3. The van der Waals surface area contributed by atoms with E-state index in [-0.39, 0.29) is 17.2 Å². The number of sulfonamides is 1. The highest BCUT2D eigenvalue weighted by atomic mass is 35.5. The standard InChI is InChI=1S/C27H31ClN2O5S2/c1-19-12-20(2)14-23(13-19)30(37(32,33)24-8-9-25(34-3)26(16-24)35-4)17-27(31)29-10-11-36-18-21-6-5-7-22(28)15-21/h5-9,12-16H,10-11,17-18H2,1-4H3,(H,29,31). The number of ether oxygens (including phenoxy) is 2. The summed E-state index contributed by atoms with van der Waals surface area (Å²) in [5, 5.41) is 3.53. The molecule has 0 bridgehead atoms. The third-order valence-electron chi connectivity index (χ3n) is 5.45. The molecule has 3 rings (SSSR count). The number of hydrogen-bond acceptors (Lipinski definition) is 6. The van der Waals surface area contributed by atoms with Crippen LogP contribution in [0.1, 0.15) is 16.7 Å². The number of halogens is 1. The van der Waals surface area contributed by atoms with Crippen LogP contribution in [0.25, 0.3) is 0 Å². The number of amides is 1. The van der Waals surface area contributed by atoms with E-state index in [2.05, 4.69) is 5.32 Å². The molecular formula is C27H31ClN2O5S2. The number of rotatable bonds is 12. The number of methoxy groups -OCH3 is 2. The van der Waals surface area contributed by atoms with Gasteiger partial charge in [0, 0.05) is 29.1 Å². The average Bonchev–Trinajstić information content (AvgIpc) is 2.86. The van der Waals surface area contributed by atoms with E-state index in [1.54, 1.807) is 23.9 Å². The number of thioether (sulfide) groups is 1. The second-order valence-electron chi connectivity index (χ2n) is 8.41. The van der Waals surface area contributed by atoms with Crippen LogP contribution in [0, 0.1) is 13.8 Å². The van der Waals surface area contributed by atoms with Gasteiger partial charge in [-0.05, 0) is 66.9 Å². The molecule has 0 heterocycles. The van der Waals surface area contributed by atoms with Crippen LogP contribution >= 0.6 is 23.4 Å². The maximum Gasteiger partial charge on any atom is 0.264 e. The molecule has 0 aliphatic rings. The first-order chi connectivity index (χ1) is 17.6. The molecule has 3 aromatic carbocycles. The molecule has 0 saturated carbocycles. The van der Waals surface area contributed by atoms with Crippen molar-refractivity contribution in [3.8, 4) is 11.5 Å². The summed E-state index contributed by atoms with van der Waals surface area (Å²) in [4.78, 5) is 12.9. The Hall–Kier alpha value is -2.88. The van der Waals surface area contributed by atoms with Crippen LogP contribution in [0.3, 0.4) is 0 Å². The van der Waals surface area contributed by atoms with E-state index < -0.39 is 15.9 Å². The Morgan fingerprint density at radius 3 is 2.32 bits per heavy atom. The van der Waals surface area contributed by atoms with Crippen molar-refractivity contribution < 1.29 is 22.7 Å². The van der Waals surface area contributed by atoms with Crippen molar-refractivity contribution in [2.75, 3.05) is 37.4 Å². The summed E-state index contributed by atoms with van der Waals surface area (Å²) in [7, 11) is -1.18. The van der Waals surface area contributed by atoms with Crippen molar-refractivity contribution in [3.05, 3.63) is 82.4 Å². The van der Waals surface area contributed by atoms with Gasteiger partial charge in [0.2, 0.25) is 5.91 Å². The van der Waals surface area contributed by atoms with Gasteiger partial charge >= 0.3 is 0 Å². The monoisotopic (exact) mass is 562 g/mol. The molecule has 1 amide bonds. The third-order valence-corrected chi connectivity index (χ3v) is 8.49. The lowest BCUT2D eigenvalue weighted by molar-refractivity contribution is -0.119. The van der Waals surface area contributed by atoms with Crippen LogP contribution < -0.4 is 19.1 Å². The van der Waals surface area contributed by atoms with Crippen LogP contribution in [-0.2, 0) is 20.6 Å². The molecular weight excluding hydrogens is 532 g/mol. The summed E-state index contributed by atoms with van der Waals surface area (Å²) in [5.41, 5.74) is 3.30. The maximum atomic E-state index is 13.8. The van der Waals surface area contributed by atoms with Crippen molar-refractivity contribution in [3.63, 3.8) is 0 Å². The minimum atomic E-state index is -4.10. The molecule has 0 fully saturated rings. The van der Waals surface area contributed by atoms with Gasteiger partial charge in [0.25, 0.3) is 10.0 Å². The zero-order valence-corrected chi connectivity index (χ0v) is 23.7. The Balaban J connectivity index is 1.75. The molecule has 7 nitrogen and oxygen atoms in total. The lowest BCUT2D eigenvalue weighted by atomic mass is 10.1. The van der Waals surface area contributed by atoms with Gasteiger partial charge in [-0.2, -0.15) is 11.8 Å². The van der Waals surface area contributed by atoms with Gasteiger partial charge in [-0.15, -0.1) is 0 Å². The largest absolute Gasteiger partial charge is 0.493 e. The predicted octanol–water partition coefficient (Wildman–Crippen LogP) is 5.22. The zero-order chi connectivity index (χ0) is 27.0. The molecule has 37 heavy (non-hydrogen) atoms. The molecule has 0 radical (unpaired) electrons. The van der Waals surface area contributed by atoms with E-state index in [4.69, 9.17) is 21.1 Å². The highest BCUT2D eigenvalue weighted by Gasteiger charge is 2.28. The quantitative estimate of drug-likeness (QED) is 0.305. The maximum absolute atomic E-state index is 13.8. The molecule has 0 unspecified atom stereocenters. The fourth-order valence-electron chi connectivity index (χ4n) is 3.78. The fourth-order valence-corrected chi connectivity index (χ4v) is 6.22. The summed E-state index contributed by atoms with van der Waals surface area (Å²) in [6.07, 6.45) is 0. The Morgan fingerprint density at radius 1 is 0.973 bits per heavy atom. The number of nitrogens with zero attached hydrogens (tertiary/aromatic N) is 1. The second-order valence-corrected chi connectivity index (χ2v) is 11.8. The summed E-state index contributed by atoms with van der Waals surface area (Å²) < 4.78 is 39.2. The van der Waals surface area contributed by atoms with Gasteiger partial charge in [0.15, 0.2) is 11.5 Å². The van der Waals surface area contributed by atoms with Crippen LogP contribution in [0.15, 0.2) is 65.6 Å². The van der Waals surface area contributed by atoms with Crippen molar-refractivity contribution in [1.29, 1.82) is 0 Å². The third kappa shape index (κ3) is 7.80. The van der Waals surface area contributed by atoms with E-state index in [9.17, 15) is 13.2 Å². The molecule has 0 aliphatic carbocycles. The van der Waals surface area contributed by atoms with E-state index in [0.29, 0.717) is 28.8 Å². The highest BCUT2D eigenvalue weighted by molar-refractivity contribution is 7.98. The van der Waals surface area contributed by atoms with Crippen molar-refractivity contribution >= 4 is 45.0 Å². The Labute approximate surface area is 228 Å². The summed E-state index contributed by atoms with van der Waals surface area (Å²) >= 11 is 7.68. The average molecular weight is 563 g/mol.